The minimum absolute atomic E-state index is 0.470. The Bertz CT molecular complexity index is 795. The maximum Gasteiger partial charge on any atom is 0.204 e. The van der Waals surface area contributed by atoms with Crippen molar-refractivity contribution < 1.29 is 4.74 Å². The molecule has 0 amide bonds. The first kappa shape index (κ1) is 15.8. The number of aromatic amines is 1. The summed E-state index contributed by atoms with van der Waals surface area (Å²) in [6, 6.07) is 12.6. The highest BCUT2D eigenvalue weighted by Crippen LogP contribution is 2.25. The number of nitrogens with one attached hydrogen (secondary N) is 1. The van der Waals surface area contributed by atoms with Crippen molar-refractivity contribution >= 4 is 0 Å². The van der Waals surface area contributed by atoms with Gasteiger partial charge in [-0.15, -0.1) is 10.2 Å². The van der Waals surface area contributed by atoms with Crippen molar-refractivity contribution in [3.8, 4) is 17.1 Å². The lowest BCUT2D eigenvalue weighted by Gasteiger charge is -2.34. The normalized spacial score (nSPS) is 17.4. The third kappa shape index (κ3) is 3.41. The molecule has 3 heterocycles. The van der Waals surface area contributed by atoms with Gasteiger partial charge in [0.25, 0.3) is 0 Å². The Morgan fingerprint density at radius 2 is 2.08 bits per heavy atom. The minimum Gasteiger partial charge on any atom is -0.494 e. The van der Waals surface area contributed by atoms with Gasteiger partial charge in [0, 0.05) is 43.1 Å². The van der Waals surface area contributed by atoms with E-state index >= 15 is 0 Å². The summed E-state index contributed by atoms with van der Waals surface area (Å²) < 4.78 is 8.21. The molecule has 130 valence electrons. The lowest BCUT2D eigenvalue weighted by Crippen LogP contribution is -2.37. The van der Waals surface area contributed by atoms with Gasteiger partial charge in [0.1, 0.15) is 5.75 Å². The van der Waals surface area contributed by atoms with Crippen molar-refractivity contribution in [3.63, 3.8) is 0 Å². The molecule has 0 saturated carbocycles. The molecule has 2 aromatic heterocycles. The van der Waals surface area contributed by atoms with E-state index in [4.69, 9.17) is 4.74 Å². The average molecular weight is 338 g/mol. The van der Waals surface area contributed by atoms with Gasteiger partial charge in [-0.2, -0.15) is 5.21 Å². The summed E-state index contributed by atoms with van der Waals surface area (Å²) in [6.07, 6.45) is 3.18. The summed E-state index contributed by atoms with van der Waals surface area (Å²) in [7, 11) is 0. The summed E-state index contributed by atoms with van der Waals surface area (Å²) in [6.45, 7) is 6.22. The summed E-state index contributed by atoms with van der Waals surface area (Å²) in [4.78, 5) is 2.53. The smallest absolute Gasteiger partial charge is 0.204 e. The maximum absolute atomic E-state index is 5.86. The van der Waals surface area contributed by atoms with Crippen molar-refractivity contribution in [1.82, 2.24) is 30.1 Å². The zero-order chi connectivity index (χ0) is 17.1. The summed E-state index contributed by atoms with van der Waals surface area (Å²) in [5.74, 6) is 1.46. The van der Waals surface area contributed by atoms with Crippen LogP contribution in [0.1, 0.15) is 25.1 Å². The molecule has 1 unspecified atom stereocenters. The fourth-order valence-corrected chi connectivity index (χ4v) is 3.37. The molecule has 7 nitrogen and oxygen atoms in total. The second-order valence-electron chi connectivity index (χ2n) is 6.30. The third-order valence-electron chi connectivity index (χ3n) is 4.78. The Morgan fingerprint density at radius 1 is 1.20 bits per heavy atom. The molecular weight excluding hydrogens is 316 g/mol. The van der Waals surface area contributed by atoms with Crippen molar-refractivity contribution in [2.24, 2.45) is 0 Å². The van der Waals surface area contributed by atoms with Gasteiger partial charge >= 0.3 is 0 Å². The van der Waals surface area contributed by atoms with E-state index in [2.05, 4.69) is 55.3 Å². The summed E-state index contributed by atoms with van der Waals surface area (Å²) in [5, 5.41) is 14.0. The molecule has 1 N–H and O–H groups in total. The first-order chi connectivity index (χ1) is 12.3. The highest BCUT2D eigenvalue weighted by atomic mass is 16.5. The van der Waals surface area contributed by atoms with Crippen LogP contribution in [0.3, 0.4) is 0 Å². The van der Waals surface area contributed by atoms with Gasteiger partial charge in [-0.1, -0.05) is 0 Å². The number of hydrogen-bond acceptors (Lipinski definition) is 5. The molecule has 1 aliphatic rings. The SMILES string of the molecule is CC1c2cccn2CCN1CCCOc1ccc(-c2nn[nH]n2)cc1. The topological polar surface area (TPSA) is 71.9 Å². The van der Waals surface area contributed by atoms with Crippen LogP contribution in [0.5, 0.6) is 5.75 Å². The predicted octanol–water partition coefficient (Wildman–Crippen LogP) is 2.51. The minimum atomic E-state index is 0.470. The zero-order valence-electron chi connectivity index (χ0n) is 14.3. The van der Waals surface area contributed by atoms with Crippen LogP contribution in [0, 0.1) is 0 Å². The first-order valence-corrected chi connectivity index (χ1v) is 8.67. The molecule has 7 heteroatoms. The molecule has 3 aromatic rings. The van der Waals surface area contributed by atoms with E-state index in [1.165, 1.54) is 5.69 Å². The highest BCUT2D eigenvalue weighted by molar-refractivity contribution is 5.54. The van der Waals surface area contributed by atoms with Crippen molar-refractivity contribution in [2.45, 2.75) is 25.9 Å². The molecule has 0 aliphatic carbocycles. The molecule has 0 saturated heterocycles. The van der Waals surface area contributed by atoms with E-state index in [-0.39, 0.29) is 0 Å². The van der Waals surface area contributed by atoms with Crippen molar-refractivity contribution in [1.29, 1.82) is 0 Å². The molecule has 4 rings (SSSR count). The van der Waals surface area contributed by atoms with Crippen molar-refractivity contribution in [3.05, 3.63) is 48.3 Å². The maximum atomic E-state index is 5.86. The monoisotopic (exact) mass is 338 g/mol. The average Bonchev–Trinajstić information content (AvgIpc) is 3.33. The molecule has 0 bridgehead atoms. The van der Waals surface area contributed by atoms with Crippen molar-refractivity contribution in [2.75, 3.05) is 19.7 Å². The van der Waals surface area contributed by atoms with E-state index in [0.29, 0.717) is 18.5 Å². The molecule has 1 aromatic carbocycles. The Hall–Kier alpha value is -2.67. The second-order valence-corrected chi connectivity index (χ2v) is 6.30. The van der Waals surface area contributed by atoms with Gasteiger partial charge in [-0.25, -0.2) is 0 Å². The number of tetrazole rings is 1. The molecule has 0 spiro atoms. The predicted molar refractivity (Wildman–Crippen MR) is 94.1 cm³/mol. The zero-order valence-corrected chi connectivity index (χ0v) is 14.3. The number of aromatic nitrogens is 5. The van der Waals surface area contributed by atoms with Crippen LogP contribution in [-0.2, 0) is 6.54 Å². The third-order valence-corrected chi connectivity index (χ3v) is 4.78. The van der Waals surface area contributed by atoms with Gasteiger partial charge in [0.15, 0.2) is 0 Å². The Morgan fingerprint density at radius 3 is 2.88 bits per heavy atom. The van der Waals surface area contributed by atoms with Crippen LogP contribution in [-0.4, -0.2) is 49.8 Å². The van der Waals surface area contributed by atoms with Gasteiger partial charge in [-0.3, -0.25) is 4.90 Å². The van der Waals surface area contributed by atoms with Gasteiger partial charge in [0.05, 0.1) is 6.61 Å². The highest BCUT2D eigenvalue weighted by Gasteiger charge is 2.22. The van der Waals surface area contributed by atoms with Crippen LogP contribution < -0.4 is 4.74 Å². The van der Waals surface area contributed by atoms with E-state index in [1.54, 1.807) is 0 Å². The Labute approximate surface area is 146 Å². The van der Waals surface area contributed by atoms with Crippen LogP contribution in [0.15, 0.2) is 42.6 Å². The molecule has 1 aliphatic heterocycles. The summed E-state index contributed by atoms with van der Waals surface area (Å²) >= 11 is 0. The number of ether oxygens (including phenoxy) is 1. The molecule has 1 atom stereocenters. The van der Waals surface area contributed by atoms with E-state index in [0.717, 1.165) is 37.4 Å². The lowest BCUT2D eigenvalue weighted by atomic mass is 10.1. The van der Waals surface area contributed by atoms with Crippen LogP contribution in [0.2, 0.25) is 0 Å². The quantitative estimate of drug-likeness (QED) is 0.699. The Balaban J connectivity index is 1.25. The molecule has 0 radical (unpaired) electrons. The first-order valence-electron chi connectivity index (χ1n) is 8.67. The molecule has 25 heavy (non-hydrogen) atoms. The van der Waals surface area contributed by atoms with E-state index < -0.39 is 0 Å². The number of benzene rings is 1. The van der Waals surface area contributed by atoms with Gasteiger partial charge in [-0.05, 0) is 55.0 Å². The number of nitrogens with zero attached hydrogens (tertiary/aromatic N) is 5. The number of rotatable bonds is 6. The number of fused-ring (bicyclic) bond motifs is 1. The standard InChI is InChI=1S/C18H22N6O/c1-14-17-4-2-9-24(17)12-11-23(14)10-3-13-25-16-7-5-15(6-8-16)18-19-21-22-20-18/h2,4-9,14H,3,10-13H2,1H3,(H,19,20,21,22). The van der Waals surface area contributed by atoms with Crippen LogP contribution >= 0.6 is 0 Å². The molecular formula is C18H22N6O. The molecule has 0 fully saturated rings. The van der Waals surface area contributed by atoms with E-state index in [1.807, 2.05) is 24.3 Å². The van der Waals surface area contributed by atoms with E-state index in [9.17, 15) is 0 Å². The van der Waals surface area contributed by atoms with Crippen LogP contribution in [0.25, 0.3) is 11.4 Å². The largest absolute Gasteiger partial charge is 0.494 e. The van der Waals surface area contributed by atoms with Gasteiger partial charge in [0.2, 0.25) is 5.82 Å². The lowest BCUT2D eigenvalue weighted by molar-refractivity contribution is 0.155. The second kappa shape index (κ2) is 7.06. The number of H-pyrrole nitrogens is 1. The Kier molecular flexibility index (Phi) is 4.47. The number of hydrogen-bond donors (Lipinski definition) is 1. The van der Waals surface area contributed by atoms with Crippen LogP contribution in [0.4, 0.5) is 0 Å². The van der Waals surface area contributed by atoms with Gasteiger partial charge < -0.3 is 9.30 Å². The summed E-state index contributed by atoms with van der Waals surface area (Å²) in [5.41, 5.74) is 2.33. The fourth-order valence-electron chi connectivity index (χ4n) is 3.37. The fraction of sp³-hybridized carbons (Fsp3) is 0.389.